The van der Waals surface area contributed by atoms with E-state index in [9.17, 15) is 13.2 Å². The van der Waals surface area contributed by atoms with Gasteiger partial charge in [-0.15, -0.1) is 11.3 Å². The molecule has 0 fully saturated rings. The Balaban J connectivity index is 1.58. The van der Waals surface area contributed by atoms with Crippen molar-refractivity contribution in [3.63, 3.8) is 0 Å². The number of carbonyl (C=O) groups excluding carboxylic acids is 1. The lowest BCUT2D eigenvalue weighted by Crippen LogP contribution is -2.29. The van der Waals surface area contributed by atoms with Gasteiger partial charge in [0.25, 0.3) is 0 Å². The lowest BCUT2D eigenvalue weighted by molar-refractivity contribution is -0.120. The molecule has 0 spiro atoms. The second-order valence-electron chi connectivity index (χ2n) is 7.10. The Labute approximate surface area is 174 Å². The molecule has 0 saturated carbocycles. The van der Waals surface area contributed by atoms with Crippen LogP contribution in [-0.4, -0.2) is 25.1 Å². The van der Waals surface area contributed by atoms with Crippen molar-refractivity contribution in [2.75, 3.05) is 11.1 Å². The molecule has 29 heavy (non-hydrogen) atoms. The largest absolute Gasteiger partial charge is 0.326 e. The van der Waals surface area contributed by atoms with Gasteiger partial charge in [-0.3, -0.25) is 4.79 Å². The van der Waals surface area contributed by atoms with Gasteiger partial charge in [0.05, 0.1) is 31.8 Å². The fraction of sp³-hybridized carbons (Fsp3) is 0.273. The minimum Gasteiger partial charge on any atom is -0.326 e. The molecular formula is C22H22N2O3S2. The number of nitrogens with zero attached hydrogens (tertiary/aromatic N) is 1. The van der Waals surface area contributed by atoms with E-state index in [2.05, 4.69) is 11.4 Å². The maximum absolute atomic E-state index is 13.1. The standard InChI is InChI=1S/C22H22N2O3S2/c1-2-29(26,27)16-9-7-8-15(14-16)23-21(25)17-10-3-4-11-18(17)22-24-19-12-5-6-13-20(19)28-22/h3-9,12-14,17-18H,2,10-11H2,1H3,(H,23,25). The summed E-state index contributed by atoms with van der Waals surface area (Å²) in [7, 11) is -3.32. The van der Waals surface area contributed by atoms with Gasteiger partial charge in [0.1, 0.15) is 0 Å². The molecule has 1 N–H and O–H groups in total. The maximum atomic E-state index is 13.1. The van der Waals surface area contributed by atoms with Gasteiger partial charge in [0.2, 0.25) is 5.91 Å². The van der Waals surface area contributed by atoms with Crippen molar-refractivity contribution < 1.29 is 13.2 Å². The predicted octanol–water partition coefficient (Wildman–Crippen LogP) is 4.78. The summed E-state index contributed by atoms with van der Waals surface area (Å²) in [6, 6.07) is 14.5. The first kappa shape index (κ1) is 19.8. The van der Waals surface area contributed by atoms with Crippen molar-refractivity contribution in [1.29, 1.82) is 0 Å². The Hall–Kier alpha value is -2.51. The smallest absolute Gasteiger partial charge is 0.228 e. The number of nitrogens with one attached hydrogen (secondary N) is 1. The molecule has 5 nitrogen and oxygen atoms in total. The third-order valence-electron chi connectivity index (χ3n) is 5.24. The van der Waals surface area contributed by atoms with E-state index in [0.717, 1.165) is 21.6 Å². The van der Waals surface area contributed by atoms with Crippen molar-refractivity contribution in [3.05, 3.63) is 65.7 Å². The molecule has 150 valence electrons. The van der Waals surface area contributed by atoms with Crippen LogP contribution in [0.2, 0.25) is 0 Å². The van der Waals surface area contributed by atoms with Gasteiger partial charge in [-0.2, -0.15) is 0 Å². The molecule has 2 unspecified atom stereocenters. The molecule has 0 radical (unpaired) electrons. The minimum atomic E-state index is -3.32. The van der Waals surface area contributed by atoms with Crippen molar-refractivity contribution >= 4 is 43.0 Å². The highest BCUT2D eigenvalue weighted by atomic mass is 32.2. The van der Waals surface area contributed by atoms with Crippen molar-refractivity contribution in [3.8, 4) is 0 Å². The monoisotopic (exact) mass is 426 g/mol. The molecule has 1 heterocycles. The number of fused-ring (bicyclic) bond motifs is 1. The number of rotatable bonds is 5. The van der Waals surface area contributed by atoms with Gasteiger partial charge < -0.3 is 5.32 Å². The van der Waals surface area contributed by atoms with Crippen LogP contribution in [0.5, 0.6) is 0 Å². The molecule has 2 aromatic carbocycles. The number of carbonyl (C=O) groups is 1. The van der Waals surface area contributed by atoms with Crippen LogP contribution >= 0.6 is 11.3 Å². The average Bonchev–Trinajstić information content (AvgIpc) is 3.18. The zero-order valence-electron chi connectivity index (χ0n) is 16.0. The fourth-order valence-electron chi connectivity index (χ4n) is 3.59. The van der Waals surface area contributed by atoms with Gasteiger partial charge in [0, 0.05) is 11.6 Å². The highest BCUT2D eigenvalue weighted by Gasteiger charge is 2.32. The molecule has 7 heteroatoms. The summed E-state index contributed by atoms with van der Waals surface area (Å²) in [4.78, 5) is 18.1. The normalized spacial score (nSPS) is 19.3. The highest BCUT2D eigenvalue weighted by Crippen LogP contribution is 2.39. The van der Waals surface area contributed by atoms with Gasteiger partial charge in [0.15, 0.2) is 9.84 Å². The third-order valence-corrected chi connectivity index (χ3v) is 8.14. The van der Waals surface area contributed by atoms with Crippen molar-refractivity contribution in [2.45, 2.75) is 30.6 Å². The van der Waals surface area contributed by atoms with Crippen LogP contribution in [-0.2, 0) is 14.6 Å². The third kappa shape index (κ3) is 4.11. The van der Waals surface area contributed by atoms with E-state index in [1.54, 1.807) is 36.5 Å². The molecule has 4 rings (SSSR count). The van der Waals surface area contributed by atoms with Gasteiger partial charge in [-0.1, -0.05) is 37.3 Å². The topological polar surface area (TPSA) is 76.1 Å². The van der Waals surface area contributed by atoms with Gasteiger partial charge >= 0.3 is 0 Å². The second kappa shape index (κ2) is 8.08. The van der Waals surface area contributed by atoms with E-state index < -0.39 is 9.84 Å². The van der Waals surface area contributed by atoms with Crippen molar-refractivity contribution in [2.24, 2.45) is 5.92 Å². The van der Waals surface area contributed by atoms with Crippen LogP contribution in [0.1, 0.15) is 30.7 Å². The number of amides is 1. The summed E-state index contributed by atoms with van der Waals surface area (Å²) in [6.45, 7) is 1.61. The first-order chi connectivity index (χ1) is 14.0. The van der Waals surface area contributed by atoms with E-state index in [1.807, 2.05) is 30.3 Å². The summed E-state index contributed by atoms with van der Waals surface area (Å²) in [5, 5.41) is 3.89. The van der Waals surface area contributed by atoms with E-state index in [1.165, 1.54) is 6.07 Å². The first-order valence-corrected chi connectivity index (χ1v) is 12.1. The Kier molecular flexibility index (Phi) is 5.52. The van der Waals surface area contributed by atoms with Crippen LogP contribution in [0, 0.1) is 5.92 Å². The highest BCUT2D eigenvalue weighted by molar-refractivity contribution is 7.91. The molecule has 0 saturated heterocycles. The Morgan fingerprint density at radius 1 is 1.14 bits per heavy atom. The number of hydrogen-bond acceptors (Lipinski definition) is 5. The summed E-state index contributed by atoms with van der Waals surface area (Å²) < 4.78 is 25.4. The molecule has 2 atom stereocenters. The van der Waals surface area contributed by atoms with E-state index >= 15 is 0 Å². The summed E-state index contributed by atoms with van der Waals surface area (Å²) in [5.74, 6) is -0.311. The molecule has 1 aliphatic carbocycles. The molecule has 1 amide bonds. The minimum absolute atomic E-state index is 0.0138. The van der Waals surface area contributed by atoms with Crippen LogP contribution in [0.4, 0.5) is 5.69 Å². The number of anilines is 1. The van der Waals surface area contributed by atoms with E-state index in [-0.39, 0.29) is 28.4 Å². The van der Waals surface area contributed by atoms with Gasteiger partial charge in [-0.25, -0.2) is 13.4 Å². The number of benzene rings is 2. The number of thiazole rings is 1. The van der Waals surface area contributed by atoms with Crippen LogP contribution in [0.25, 0.3) is 10.2 Å². The zero-order valence-corrected chi connectivity index (χ0v) is 17.7. The van der Waals surface area contributed by atoms with Crippen LogP contribution in [0.3, 0.4) is 0 Å². The lowest BCUT2D eigenvalue weighted by atomic mass is 9.82. The molecule has 0 bridgehead atoms. The Morgan fingerprint density at radius 3 is 2.72 bits per heavy atom. The number of aromatic nitrogens is 1. The number of para-hydroxylation sites is 1. The summed E-state index contributed by atoms with van der Waals surface area (Å²) in [5.41, 5.74) is 1.46. The number of allylic oxidation sites excluding steroid dienone is 2. The predicted molar refractivity (Wildman–Crippen MR) is 117 cm³/mol. The number of hydrogen-bond donors (Lipinski definition) is 1. The average molecular weight is 427 g/mol. The quantitative estimate of drug-likeness (QED) is 0.596. The van der Waals surface area contributed by atoms with Crippen molar-refractivity contribution in [1.82, 2.24) is 4.98 Å². The Morgan fingerprint density at radius 2 is 1.93 bits per heavy atom. The molecule has 0 aliphatic heterocycles. The summed E-state index contributed by atoms with van der Waals surface area (Å²) in [6.07, 6.45) is 5.54. The molecule has 1 aromatic heterocycles. The molecule has 1 aliphatic rings. The number of sulfone groups is 1. The van der Waals surface area contributed by atoms with E-state index in [4.69, 9.17) is 4.98 Å². The van der Waals surface area contributed by atoms with E-state index in [0.29, 0.717) is 12.1 Å². The lowest BCUT2D eigenvalue weighted by Gasteiger charge is -2.26. The second-order valence-corrected chi connectivity index (χ2v) is 10.4. The van der Waals surface area contributed by atoms with Crippen LogP contribution < -0.4 is 5.32 Å². The Bertz CT molecular complexity index is 1150. The molecule has 3 aromatic rings. The van der Waals surface area contributed by atoms with Gasteiger partial charge in [-0.05, 0) is 43.2 Å². The maximum Gasteiger partial charge on any atom is 0.228 e. The zero-order chi connectivity index (χ0) is 20.4. The first-order valence-electron chi connectivity index (χ1n) is 9.62. The molecular weight excluding hydrogens is 404 g/mol. The fourth-order valence-corrected chi connectivity index (χ4v) is 5.67. The van der Waals surface area contributed by atoms with Crippen LogP contribution in [0.15, 0.2) is 65.6 Å². The SMILES string of the molecule is CCS(=O)(=O)c1cccc(NC(=O)C2CC=CCC2c2nc3ccccc3s2)c1. The summed E-state index contributed by atoms with van der Waals surface area (Å²) >= 11 is 1.64.